The van der Waals surface area contributed by atoms with Crippen molar-refractivity contribution in [3.05, 3.63) is 23.8 Å². The molecule has 178 valence electrons. The lowest BCUT2D eigenvalue weighted by molar-refractivity contribution is -0.116. The second-order valence-electron chi connectivity index (χ2n) is 9.38. The van der Waals surface area contributed by atoms with Crippen LogP contribution in [0.3, 0.4) is 0 Å². The summed E-state index contributed by atoms with van der Waals surface area (Å²) >= 11 is 0. The van der Waals surface area contributed by atoms with E-state index >= 15 is 0 Å². The number of benzene rings is 1. The Hall–Kier alpha value is -1.72. The maximum Gasteiger partial charge on any atom is 0.239 e. The fourth-order valence-electron chi connectivity index (χ4n) is 5.26. The summed E-state index contributed by atoms with van der Waals surface area (Å²) in [6.07, 6.45) is 1.62. The molecule has 1 aliphatic carbocycles. The van der Waals surface area contributed by atoms with Crippen LogP contribution in [0.4, 0.5) is 11.4 Å². The van der Waals surface area contributed by atoms with E-state index in [4.69, 9.17) is 4.74 Å². The highest BCUT2D eigenvalue weighted by Gasteiger charge is 2.46. The van der Waals surface area contributed by atoms with E-state index < -0.39 is 15.3 Å². The fraction of sp³-hybridized carbons (Fsp3) is 0.682. The molecule has 0 spiro atoms. The van der Waals surface area contributed by atoms with Gasteiger partial charge in [0.1, 0.15) is 0 Å². The largest absolute Gasteiger partial charge is 0.378 e. The zero-order chi connectivity index (χ0) is 22.9. The maximum atomic E-state index is 13.3. The van der Waals surface area contributed by atoms with Gasteiger partial charge in [-0.2, -0.15) is 4.31 Å². The number of aryl methyl sites for hydroxylation is 1. The predicted molar refractivity (Wildman–Crippen MR) is 125 cm³/mol. The molecule has 1 aromatic rings. The molecule has 9 nitrogen and oxygen atoms in total. The lowest BCUT2D eigenvalue weighted by atomic mass is 9.79. The molecule has 1 saturated carbocycles. The zero-order valence-electron chi connectivity index (χ0n) is 19.1. The Labute approximate surface area is 190 Å². The number of likely N-dealkylation sites (N-methyl/N-ethyl adjacent to an activating group) is 1. The SMILES string of the molecule is Cc1cc(NC(=O)CN(C)S(=O)(=O)C2CC(C)CC3CNNC32)ccc1N1CCOCC1. The summed E-state index contributed by atoms with van der Waals surface area (Å²) in [4.78, 5) is 14.9. The normalized spacial score (nSPS) is 28.6. The summed E-state index contributed by atoms with van der Waals surface area (Å²) < 4.78 is 33.2. The second kappa shape index (κ2) is 9.64. The first kappa shape index (κ1) is 23.4. The third-order valence-corrected chi connectivity index (χ3v) is 9.15. The van der Waals surface area contributed by atoms with Gasteiger partial charge in [-0.25, -0.2) is 8.42 Å². The minimum Gasteiger partial charge on any atom is -0.378 e. The van der Waals surface area contributed by atoms with Crippen molar-refractivity contribution in [1.29, 1.82) is 0 Å². The fourth-order valence-corrected chi connectivity index (χ4v) is 7.25. The quantitative estimate of drug-likeness (QED) is 0.574. The highest BCUT2D eigenvalue weighted by atomic mass is 32.2. The second-order valence-corrected chi connectivity index (χ2v) is 11.6. The summed E-state index contributed by atoms with van der Waals surface area (Å²) in [5.74, 6) is 0.300. The first-order valence-corrected chi connectivity index (χ1v) is 12.9. The molecular weight excluding hydrogens is 430 g/mol. The van der Waals surface area contributed by atoms with Gasteiger partial charge in [-0.1, -0.05) is 6.92 Å². The zero-order valence-corrected chi connectivity index (χ0v) is 20.0. The molecule has 1 aromatic carbocycles. The average molecular weight is 466 g/mol. The summed E-state index contributed by atoms with van der Waals surface area (Å²) in [6, 6.07) is 5.68. The molecule has 4 rings (SSSR count). The molecule has 4 atom stereocenters. The number of anilines is 2. The number of nitrogens with zero attached hydrogens (tertiary/aromatic N) is 2. The van der Waals surface area contributed by atoms with Crippen molar-refractivity contribution < 1.29 is 17.9 Å². The molecule has 0 aromatic heterocycles. The van der Waals surface area contributed by atoms with Crippen LogP contribution >= 0.6 is 0 Å². The molecule has 3 fully saturated rings. The van der Waals surface area contributed by atoms with Gasteiger partial charge in [-0.15, -0.1) is 0 Å². The smallest absolute Gasteiger partial charge is 0.239 e. The van der Waals surface area contributed by atoms with E-state index in [1.54, 1.807) is 0 Å². The van der Waals surface area contributed by atoms with Crippen LogP contribution < -0.4 is 21.1 Å². The van der Waals surface area contributed by atoms with Crippen molar-refractivity contribution in [2.24, 2.45) is 11.8 Å². The standard InChI is InChI=1S/C22H35N5O4S/c1-15-10-17-13-23-25-22(17)20(11-15)32(29,30)26(3)14-21(28)24-18-4-5-19(16(2)12-18)27-6-8-31-9-7-27/h4-5,12,15,17,20,22-23,25H,6-11,13-14H2,1-3H3,(H,24,28). The molecule has 0 radical (unpaired) electrons. The minimum absolute atomic E-state index is 0.114. The number of carbonyl (C=O) groups excluding carboxylic acids is 1. The van der Waals surface area contributed by atoms with Crippen LogP contribution in [0, 0.1) is 18.8 Å². The van der Waals surface area contributed by atoms with Gasteiger partial charge in [0, 0.05) is 44.1 Å². The highest BCUT2D eigenvalue weighted by molar-refractivity contribution is 7.89. The lowest BCUT2D eigenvalue weighted by Crippen LogP contribution is -2.53. The molecule has 2 saturated heterocycles. The third kappa shape index (κ3) is 4.94. The molecule has 1 amide bonds. The molecule has 10 heteroatoms. The van der Waals surface area contributed by atoms with E-state index in [1.807, 2.05) is 25.1 Å². The number of fused-ring (bicyclic) bond motifs is 1. The number of morpholine rings is 1. The molecule has 32 heavy (non-hydrogen) atoms. The molecule has 0 bridgehead atoms. The van der Waals surface area contributed by atoms with Gasteiger partial charge in [0.2, 0.25) is 15.9 Å². The number of rotatable bonds is 6. The third-order valence-electron chi connectivity index (χ3n) is 6.90. The van der Waals surface area contributed by atoms with Crippen molar-refractivity contribution >= 4 is 27.3 Å². The van der Waals surface area contributed by atoms with Crippen molar-refractivity contribution in [2.45, 2.75) is 38.0 Å². The topological polar surface area (TPSA) is 103 Å². The van der Waals surface area contributed by atoms with Crippen LogP contribution in [-0.4, -0.2) is 76.4 Å². The number of carbonyl (C=O) groups is 1. The minimum atomic E-state index is -3.61. The van der Waals surface area contributed by atoms with Crippen LogP contribution in [0.5, 0.6) is 0 Å². The van der Waals surface area contributed by atoms with Crippen LogP contribution in [0.15, 0.2) is 18.2 Å². The number of hydrogen-bond acceptors (Lipinski definition) is 7. The van der Waals surface area contributed by atoms with Gasteiger partial charge in [0.25, 0.3) is 0 Å². The van der Waals surface area contributed by atoms with E-state index in [2.05, 4.69) is 28.0 Å². The van der Waals surface area contributed by atoms with Crippen molar-refractivity contribution in [3.63, 3.8) is 0 Å². The molecular formula is C22H35N5O4S. The first-order chi connectivity index (χ1) is 15.3. The van der Waals surface area contributed by atoms with Gasteiger partial charge in [-0.05, 0) is 55.4 Å². The van der Waals surface area contributed by atoms with E-state index in [0.717, 1.165) is 37.3 Å². The number of sulfonamides is 1. The summed E-state index contributed by atoms with van der Waals surface area (Å²) in [5, 5.41) is 2.33. The van der Waals surface area contributed by atoms with Crippen LogP contribution in [0.2, 0.25) is 0 Å². The number of nitrogens with one attached hydrogen (secondary N) is 3. The Morgan fingerprint density at radius 2 is 2.03 bits per heavy atom. The molecule has 3 N–H and O–H groups in total. The van der Waals surface area contributed by atoms with Gasteiger partial charge >= 0.3 is 0 Å². The van der Waals surface area contributed by atoms with E-state index in [1.165, 1.54) is 11.4 Å². The van der Waals surface area contributed by atoms with E-state index in [-0.39, 0.29) is 18.5 Å². The molecule has 3 aliphatic rings. The molecule has 2 heterocycles. The first-order valence-electron chi connectivity index (χ1n) is 11.4. The molecule has 2 aliphatic heterocycles. The van der Waals surface area contributed by atoms with Gasteiger partial charge in [-0.3, -0.25) is 15.6 Å². The van der Waals surface area contributed by atoms with Crippen molar-refractivity contribution in [3.8, 4) is 0 Å². The number of hydrazine groups is 1. The van der Waals surface area contributed by atoms with Crippen LogP contribution in [0.25, 0.3) is 0 Å². The Balaban J connectivity index is 1.38. The number of hydrogen-bond donors (Lipinski definition) is 3. The predicted octanol–water partition coefficient (Wildman–Crippen LogP) is 0.923. The average Bonchev–Trinajstić information content (AvgIpc) is 3.22. The van der Waals surface area contributed by atoms with Crippen molar-refractivity contribution in [2.75, 3.05) is 56.7 Å². The van der Waals surface area contributed by atoms with Crippen LogP contribution in [-0.2, 0) is 19.6 Å². The summed E-state index contributed by atoms with van der Waals surface area (Å²) in [5.41, 5.74) is 9.13. The van der Waals surface area contributed by atoms with E-state index in [9.17, 15) is 13.2 Å². The highest BCUT2D eigenvalue weighted by Crippen LogP contribution is 2.35. The molecule has 4 unspecified atom stereocenters. The number of amides is 1. The van der Waals surface area contributed by atoms with Crippen molar-refractivity contribution in [1.82, 2.24) is 15.2 Å². The Kier molecular flexibility index (Phi) is 7.06. The monoisotopic (exact) mass is 465 g/mol. The van der Waals surface area contributed by atoms with Gasteiger partial charge in [0.05, 0.1) is 25.0 Å². The van der Waals surface area contributed by atoms with E-state index in [0.29, 0.717) is 37.2 Å². The van der Waals surface area contributed by atoms with Crippen LogP contribution in [0.1, 0.15) is 25.3 Å². The lowest BCUT2D eigenvalue weighted by Gasteiger charge is -2.37. The Morgan fingerprint density at radius 1 is 1.28 bits per heavy atom. The Bertz CT molecular complexity index is 934. The van der Waals surface area contributed by atoms with Gasteiger partial charge in [0.15, 0.2) is 0 Å². The Morgan fingerprint density at radius 3 is 2.75 bits per heavy atom. The maximum absolute atomic E-state index is 13.3. The number of ether oxygens (including phenoxy) is 1. The van der Waals surface area contributed by atoms with Gasteiger partial charge < -0.3 is 15.0 Å². The summed E-state index contributed by atoms with van der Waals surface area (Å²) in [6.45, 7) is 7.82. The summed E-state index contributed by atoms with van der Waals surface area (Å²) in [7, 11) is -2.12.